The summed E-state index contributed by atoms with van der Waals surface area (Å²) in [5.41, 5.74) is 0. The lowest BCUT2D eigenvalue weighted by atomic mass is 10.3. The molecule has 0 saturated heterocycles. The molecule has 1 unspecified atom stereocenters. The minimum Gasteiger partial charge on any atom is -0.462 e. The van der Waals surface area contributed by atoms with E-state index >= 15 is 0 Å². The predicted octanol–water partition coefficient (Wildman–Crippen LogP) is 2.00. The quantitative estimate of drug-likeness (QED) is 0.513. The highest BCUT2D eigenvalue weighted by atomic mass is 16.6. The van der Waals surface area contributed by atoms with Gasteiger partial charge >= 0.3 is 11.9 Å². The molecule has 0 spiro atoms. The average molecular weight is 226 g/mol. The van der Waals surface area contributed by atoms with E-state index in [9.17, 15) is 9.59 Å². The van der Waals surface area contributed by atoms with Gasteiger partial charge in [0, 0.05) is 18.6 Å². The summed E-state index contributed by atoms with van der Waals surface area (Å²) >= 11 is 0. The molecule has 0 fully saturated rings. The molecule has 0 aliphatic rings. The molecule has 0 aromatic rings. The molecule has 0 rings (SSSR count). The summed E-state index contributed by atoms with van der Waals surface area (Å²) in [5, 5.41) is 0. The number of hydrogen-bond acceptors (Lipinski definition) is 4. The first-order chi connectivity index (χ1) is 7.60. The van der Waals surface area contributed by atoms with Gasteiger partial charge in [-0.05, 0) is 20.8 Å². The van der Waals surface area contributed by atoms with Gasteiger partial charge in [0.2, 0.25) is 0 Å². The van der Waals surface area contributed by atoms with E-state index in [2.05, 4.69) is 0 Å². The zero-order valence-corrected chi connectivity index (χ0v) is 9.93. The van der Waals surface area contributed by atoms with Crippen LogP contribution in [0, 0.1) is 0 Å². The SMILES string of the molecule is C/C=C\C(=O)OCCC(C)OC(=O)/C=C\C. The van der Waals surface area contributed by atoms with Gasteiger partial charge in [-0.15, -0.1) is 0 Å². The number of esters is 2. The van der Waals surface area contributed by atoms with Gasteiger partial charge in [-0.1, -0.05) is 12.2 Å². The Bertz CT molecular complexity index is 279. The third-order valence-electron chi connectivity index (χ3n) is 1.69. The number of hydrogen-bond donors (Lipinski definition) is 0. The van der Waals surface area contributed by atoms with E-state index in [1.807, 2.05) is 0 Å². The lowest BCUT2D eigenvalue weighted by molar-refractivity contribution is -0.144. The maximum absolute atomic E-state index is 11.0. The average Bonchev–Trinajstić information content (AvgIpc) is 2.18. The van der Waals surface area contributed by atoms with Crippen molar-refractivity contribution in [1.29, 1.82) is 0 Å². The van der Waals surface area contributed by atoms with E-state index in [1.54, 1.807) is 32.9 Å². The standard InChI is InChI=1S/C12H18O4/c1-4-6-11(13)15-9-8-10(3)16-12(14)7-5-2/h4-7,10H,8-9H2,1-3H3/b6-4-,7-5-. The highest BCUT2D eigenvalue weighted by Gasteiger charge is 2.07. The molecule has 0 aromatic heterocycles. The second-order valence-corrected chi connectivity index (χ2v) is 3.20. The van der Waals surface area contributed by atoms with Crippen LogP contribution >= 0.6 is 0 Å². The highest BCUT2D eigenvalue weighted by molar-refractivity contribution is 5.82. The zero-order valence-electron chi connectivity index (χ0n) is 9.93. The van der Waals surface area contributed by atoms with E-state index in [0.29, 0.717) is 6.42 Å². The van der Waals surface area contributed by atoms with Crippen LogP contribution < -0.4 is 0 Å². The van der Waals surface area contributed by atoms with Crippen molar-refractivity contribution < 1.29 is 19.1 Å². The fraction of sp³-hybridized carbons (Fsp3) is 0.500. The van der Waals surface area contributed by atoms with Crippen molar-refractivity contribution in [3.05, 3.63) is 24.3 Å². The third kappa shape index (κ3) is 7.79. The molecule has 0 radical (unpaired) electrons. The lowest BCUT2D eigenvalue weighted by Crippen LogP contribution is -2.16. The van der Waals surface area contributed by atoms with Crippen LogP contribution in [-0.2, 0) is 19.1 Å². The number of rotatable bonds is 6. The molecule has 4 heteroatoms. The highest BCUT2D eigenvalue weighted by Crippen LogP contribution is 1.99. The number of carbonyl (C=O) groups is 2. The van der Waals surface area contributed by atoms with Crippen LogP contribution in [0.15, 0.2) is 24.3 Å². The topological polar surface area (TPSA) is 52.6 Å². The molecule has 0 amide bonds. The van der Waals surface area contributed by atoms with Crippen molar-refractivity contribution in [3.63, 3.8) is 0 Å². The Balaban J connectivity index is 3.69. The normalized spacial score (nSPS) is 12.9. The van der Waals surface area contributed by atoms with Crippen molar-refractivity contribution in [1.82, 2.24) is 0 Å². The molecular formula is C12H18O4. The Morgan fingerprint density at radius 2 is 1.69 bits per heavy atom. The third-order valence-corrected chi connectivity index (χ3v) is 1.69. The largest absolute Gasteiger partial charge is 0.462 e. The summed E-state index contributed by atoms with van der Waals surface area (Å²) in [7, 11) is 0. The van der Waals surface area contributed by atoms with Crippen molar-refractivity contribution in [2.45, 2.75) is 33.3 Å². The molecule has 0 heterocycles. The van der Waals surface area contributed by atoms with Crippen LogP contribution in [0.5, 0.6) is 0 Å². The fourth-order valence-electron chi connectivity index (χ4n) is 0.942. The van der Waals surface area contributed by atoms with E-state index in [1.165, 1.54) is 12.2 Å². The monoisotopic (exact) mass is 226 g/mol. The van der Waals surface area contributed by atoms with Crippen molar-refractivity contribution in [3.8, 4) is 0 Å². The van der Waals surface area contributed by atoms with E-state index in [4.69, 9.17) is 9.47 Å². The molecule has 0 aliphatic heterocycles. The molecule has 0 aromatic carbocycles. The van der Waals surface area contributed by atoms with Crippen molar-refractivity contribution >= 4 is 11.9 Å². The van der Waals surface area contributed by atoms with Gasteiger partial charge in [0.05, 0.1) is 6.61 Å². The number of ether oxygens (including phenoxy) is 2. The van der Waals surface area contributed by atoms with Gasteiger partial charge < -0.3 is 9.47 Å². The molecule has 0 saturated carbocycles. The molecule has 16 heavy (non-hydrogen) atoms. The zero-order chi connectivity index (χ0) is 12.4. The first-order valence-electron chi connectivity index (χ1n) is 5.23. The van der Waals surface area contributed by atoms with Crippen LogP contribution in [0.2, 0.25) is 0 Å². The molecule has 1 atom stereocenters. The predicted molar refractivity (Wildman–Crippen MR) is 60.8 cm³/mol. The van der Waals surface area contributed by atoms with Crippen LogP contribution in [-0.4, -0.2) is 24.6 Å². The molecule has 0 N–H and O–H groups in total. The van der Waals surface area contributed by atoms with Crippen LogP contribution in [0.3, 0.4) is 0 Å². The van der Waals surface area contributed by atoms with Gasteiger partial charge in [0.15, 0.2) is 0 Å². The fourth-order valence-corrected chi connectivity index (χ4v) is 0.942. The second-order valence-electron chi connectivity index (χ2n) is 3.20. The summed E-state index contributed by atoms with van der Waals surface area (Å²) in [6.45, 7) is 5.48. The summed E-state index contributed by atoms with van der Waals surface area (Å²) in [6.07, 6.45) is 6.15. The lowest BCUT2D eigenvalue weighted by Gasteiger charge is -2.11. The summed E-state index contributed by atoms with van der Waals surface area (Å²) < 4.78 is 9.86. The first kappa shape index (κ1) is 14.4. The molecule has 0 bridgehead atoms. The van der Waals surface area contributed by atoms with Gasteiger partial charge in [-0.2, -0.15) is 0 Å². The van der Waals surface area contributed by atoms with Crippen LogP contribution in [0.4, 0.5) is 0 Å². The Kier molecular flexibility index (Phi) is 7.85. The Hall–Kier alpha value is -1.58. The number of allylic oxidation sites excluding steroid dienone is 2. The first-order valence-corrected chi connectivity index (χ1v) is 5.23. The van der Waals surface area contributed by atoms with Gasteiger partial charge in [-0.3, -0.25) is 0 Å². The summed E-state index contributed by atoms with van der Waals surface area (Å²) in [6, 6.07) is 0. The van der Waals surface area contributed by atoms with Crippen molar-refractivity contribution in [2.75, 3.05) is 6.61 Å². The Labute approximate surface area is 95.9 Å². The second kappa shape index (κ2) is 8.71. The molecule has 0 aliphatic carbocycles. The smallest absolute Gasteiger partial charge is 0.330 e. The summed E-state index contributed by atoms with van der Waals surface area (Å²) in [5.74, 6) is -0.760. The minimum atomic E-state index is -0.380. The maximum Gasteiger partial charge on any atom is 0.330 e. The molecule has 4 nitrogen and oxygen atoms in total. The van der Waals surface area contributed by atoms with Gasteiger partial charge in [0.25, 0.3) is 0 Å². The molecule has 90 valence electrons. The Morgan fingerprint density at radius 1 is 1.12 bits per heavy atom. The van der Waals surface area contributed by atoms with E-state index < -0.39 is 0 Å². The van der Waals surface area contributed by atoms with Crippen molar-refractivity contribution in [2.24, 2.45) is 0 Å². The minimum absolute atomic E-state index is 0.244. The maximum atomic E-state index is 11.0. The summed E-state index contributed by atoms with van der Waals surface area (Å²) in [4.78, 5) is 21.9. The van der Waals surface area contributed by atoms with Gasteiger partial charge in [-0.25, -0.2) is 9.59 Å². The molecular weight excluding hydrogens is 208 g/mol. The van der Waals surface area contributed by atoms with E-state index in [0.717, 1.165) is 0 Å². The van der Waals surface area contributed by atoms with Crippen LogP contribution in [0.25, 0.3) is 0 Å². The van der Waals surface area contributed by atoms with Crippen LogP contribution in [0.1, 0.15) is 27.2 Å². The van der Waals surface area contributed by atoms with Gasteiger partial charge in [0.1, 0.15) is 6.10 Å². The number of carbonyl (C=O) groups excluding carboxylic acids is 2. The van der Waals surface area contributed by atoms with E-state index in [-0.39, 0.29) is 24.6 Å². The Morgan fingerprint density at radius 3 is 2.25 bits per heavy atom.